The van der Waals surface area contributed by atoms with Crippen LogP contribution in [0.25, 0.3) is 0 Å². The molecule has 78 valence electrons. The van der Waals surface area contributed by atoms with Crippen LogP contribution in [0, 0.1) is 6.92 Å². The van der Waals surface area contributed by atoms with E-state index in [1.165, 1.54) is 0 Å². The normalized spacial score (nSPS) is 10.2. The lowest BCUT2D eigenvalue weighted by Gasteiger charge is -1.99. The van der Waals surface area contributed by atoms with E-state index in [0.29, 0.717) is 18.8 Å². The van der Waals surface area contributed by atoms with Gasteiger partial charge in [0.1, 0.15) is 0 Å². The van der Waals surface area contributed by atoms with E-state index in [0.717, 1.165) is 5.69 Å². The van der Waals surface area contributed by atoms with Crippen molar-refractivity contribution < 1.29 is 4.79 Å². The molecule has 6 heteroatoms. The molecule has 1 rings (SSSR count). The summed E-state index contributed by atoms with van der Waals surface area (Å²) in [6, 6.07) is 1.81. The Kier molecular flexibility index (Phi) is 3.91. The molecular formula is C8H13ClN4O. The highest BCUT2D eigenvalue weighted by Gasteiger charge is 2.05. The number of hydrogen-bond acceptors (Lipinski definition) is 3. The van der Waals surface area contributed by atoms with E-state index in [1.54, 1.807) is 4.68 Å². The Balaban J connectivity index is 2.48. The number of nitrogens with one attached hydrogen (secondary N) is 2. The molecule has 0 unspecified atom stereocenters. The standard InChI is InChI=1S/C8H13ClN4O/c1-6-5-7(12-13(6)2)11-8(14)3-4-10-9/h5,10H,3-4H2,1-2H3,(H,11,12,14). The molecule has 1 heterocycles. The third kappa shape index (κ3) is 3.01. The Bertz CT molecular complexity index is 304. The van der Waals surface area contributed by atoms with E-state index < -0.39 is 0 Å². The van der Waals surface area contributed by atoms with E-state index >= 15 is 0 Å². The van der Waals surface area contributed by atoms with Gasteiger partial charge in [-0.05, 0) is 18.7 Å². The van der Waals surface area contributed by atoms with Crippen LogP contribution < -0.4 is 10.2 Å². The van der Waals surface area contributed by atoms with Crippen molar-refractivity contribution >= 4 is 23.5 Å². The van der Waals surface area contributed by atoms with Gasteiger partial charge in [-0.3, -0.25) is 9.48 Å². The van der Waals surface area contributed by atoms with Crippen molar-refractivity contribution in [1.82, 2.24) is 14.6 Å². The van der Waals surface area contributed by atoms with Gasteiger partial charge in [0.2, 0.25) is 5.91 Å². The van der Waals surface area contributed by atoms with Crippen molar-refractivity contribution in [3.63, 3.8) is 0 Å². The highest BCUT2D eigenvalue weighted by Crippen LogP contribution is 2.06. The van der Waals surface area contributed by atoms with Crippen molar-refractivity contribution in [2.45, 2.75) is 13.3 Å². The minimum atomic E-state index is -0.101. The van der Waals surface area contributed by atoms with E-state index in [2.05, 4.69) is 15.3 Å². The van der Waals surface area contributed by atoms with Gasteiger partial charge in [0, 0.05) is 31.8 Å². The fourth-order valence-corrected chi connectivity index (χ4v) is 1.08. The zero-order valence-corrected chi connectivity index (χ0v) is 8.93. The van der Waals surface area contributed by atoms with Gasteiger partial charge in [-0.15, -0.1) is 0 Å². The molecule has 0 fully saturated rings. The number of carbonyl (C=O) groups excluding carboxylic acids is 1. The summed E-state index contributed by atoms with van der Waals surface area (Å²) in [5.74, 6) is 0.473. The van der Waals surface area contributed by atoms with Crippen molar-refractivity contribution in [2.75, 3.05) is 11.9 Å². The molecule has 0 bridgehead atoms. The Morgan fingerprint density at radius 2 is 2.43 bits per heavy atom. The zero-order chi connectivity index (χ0) is 10.6. The maximum absolute atomic E-state index is 11.2. The van der Waals surface area contributed by atoms with Crippen LogP contribution in [0.3, 0.4) is 0 Å². The number of anilines is 1. The third-order valence-corrected chi connectivity index (χ3v) is 2.02. The molecule has 5 nitrogen and oxygen atoms in total. The van der Waals surface area contributed by atoms with Crippen molar-refractivity contribution in [3.8, 4) is 0 Å². The second-order valence-electron chi connectivity index (χ2n) is 2.98. The second-order valence-corrected chi connectivity index (χ2v) is 3.24. The summed E-state index contributed by atoms with van der Waals surface area (Å²) in [4.78, 5) is 13.6. The maximum atomic E-state index is 11.2. The van der Waals surface area contributed by atoms with Gasteiger partial charge in [-0.1, -0.05) is 0 Å². The van der Waals surface area contributed by atoms with Gasteiger partial charge < -0.3 is 5.32 Å². The summed E-state index contributed by atoms with van der Waals surface area (Å²) < 4.78 is 1.70. The smallest absolute Gasteiger partial charge is 0.226 e. The summed E-state index contributed by atoms with van der Waals surface area (Å²) in [7, 11) is 1.82. The third-order valence-electron chi connectivity index (χ3n) is 1.83. The molecule has 14 heavy (non-hydrogen) atoms. The fraction of sp³-hybridized carbons (Fsp3) is 0.500. The first-order chi connectivity index (χ1) is 6.63. The number of carbonyl (C=O) groups is 1. The molecule has 0 aliphatic carbocycles. The number of hydrogen-bond donors (Lipinski definition) is 2. The van der Waals surface area contributed by atoms with Crippen LogP contribution in [0.5, 0.6) is 0 Å². The molecule has 0 atom stereocenters. The summed E-state index contributed by atoms with van der Waals surface area (Å²) in [5, 5.41) is 6.76. The molecule has 0 aliphatic heterocycles. The van der Waals surface area contributed by atoms with Crippen molar-refractivity contribution in [3.05, 3.63) is 11.8 Å². The fourth-order valence-electron chi connectivity index (χ4n) is 0.988. The van der Waals surface area contributed by atoms with Crippen molar-refractivity contribution in [2.24, 2.45) is 7.05 Å². The second kappa shape index (κ2) is 4.97. The molecule has 2 N–H and O–H groups in total. The molecular weight excluding hydrogens is 204 g/mol. The zero-order valence-electron chi connectivity index (χ0n) is 8.17. The average Bonchev–Trinajstić information content (AvgIpc) is 2.42. The highest BCUT2D eigenvalue weighted by atomic mass is 35.5. The molecule has 0 aromatic carbocycles. The summed E-state index contributed by atoms with van der Waals surface area (Å²) in [5.41, 5.74) is 0.996. The number of nitrogens with zero attached hydrogens (tertiary/aromatic N) is 2. The van der Waals surface area contributed by atoms with E-state index in [4.69, 9.17) is 11.8 Å². The molecule has 1 aromatic rings. The van der Waals surface area contributed by atoms with E-state index in [9.17, 15) is 4.79 Å². The Morgan fingerprint density at radius 3 is 2.93 bits per heavy atom. The highest BCUT2D eigenvalue weighted by molar-refractivity contribution is 6.13. The molecule has 1 aromatic heterocycles. The Hall–Kier alpha value is -1.07. The number of halogens is 1. The molecule has 1 amide bonds. The minimum Gasteiger partial charge on any atom is -0.309 e. The Labute approximate surface area is 87.5 Å². The van der Waals surface area contributed by atoms with Crippen molar-refractivity contribution in [1.29, 1.82) is 0 Å². The lowest BCUT2D eigenvalue weighted by atomic mass is 10.4. The average molecular weight is 217 g/mol. The van der Waals surface area contributed by atoms with Gasteiger partial charge in [0.25, 0.3) is 0 Å². The number of amides is 1. The van der Waals surface area contributed by atoms with Crippen LogP contribution in [0.2, 0.25) is 0 Å². The number of aromatic nitrogens is 2. The predicted molar refractivity (Wildman–Crippen MR) is 55.0 cm³/mol. The molecule has 0 spiro atoms. The molecule has 0 saturated heterocycles. The van der Waals surface area contributed by atoms with Gasteiger partial charge in [-0.25, -0.2) is 4.84 Å². The quantitative estimate of drug-likeness (QED) is 0.732. The van der Waals surface area contributed by atoms with Crippen LogP contribution in [-0.2, 0) is 11.8 Å². The van der Waals surface area contributed by atoms with Crippen LogP contribution in [0.4, 0.5) is 5.82 Å². The summed E-state index contributed by atoms with van der Waals surface area (Å²) >= 11 is 5.23. The predicted octanol–water partition coefficient (Wildman–Crippen LogP) is 0.801. The van der Waals surface area contributed by atoms with Gasteiger partial charge >= 0.3 is 0 Å². The molecule has 0 aliphatic rings. The lowest BCUT2D eigenvalue weighted by molar-refractivity contribution is -0.116. The number of aryl methyl sites for hydroxylation is 2. The van der Waals surface area contributed by atoms with E-state index in [-0.39, 0.29) is 5.91 Å². The topological polar surface area (TPSA) is 59.0 Å². The first kappa shape index (κ1) is 11.0. The molecule has 0 radical (unpaired) electrons. The van der Waals surface area contributed by atoms with Crippen LogP contribution in [-0.4, -0.2) is 22.2 Å². The largest absolute Gasteiger partial charge is 0.309 e. The maximum Gasteiger partial charge on any atom is 0.226 e. The number of rotatable bonds is 4. The van der Waals surface area contributed by atoms with Crippen LogP contribution in [0.15, 0.2) is 6.07 Å². The summed E-state index contributed by atoms with van der Waals surface area (Å²) in [6.07, 6.45) is 0.332. The van der Waals surface area contributed by atoms with Gasteiger partial charge in [-0.2, -0.15) is 5.10 Å². The van der Waals surface area contributed by atoms with Gasteiger partial charge in [0.15, 0.2) is 5.82 Å². The first-order valence-electron chi connectivity index (χ1n) is 4.27. The SMILES string of the molecule is Cc1cc(NC(=O)CCNCl)nn1C. The Morgan fingerprint density at radius 1 is 1.71 bits per heavy atom. The van der Waals surface area contributed by atoms with Crippen LogP contribution >= 0.6 is 11.8 Å². The first-order valence-corrected chi connectivity index (χ1v) is 4.65. The van der Waals surface area contributed by atoms with Crippen LogP contribution in [0.1, 0.15) is 12.1 Å². The van der Waals surface area contributed by atoms with E-state index in [1.807, 2.05) is 20.0 Å². The minimum absolute atomic E-state index is 0.101. The molecule has 0 saturated carbocycles. The lowest BCUT2D eigenvalue weighted by Crippen LogP contribution is -2.16. The summed E-state index contributed by atoms with van der Waals surface area (Å²) in [6.45, 7) is 2.36. The monoisotopic (exact) mass is 216 g/mol. The van der Waals surface area contributed by atoms with Gasteiger partial charge in [0.05, 0.1) is 0 Å².